The van der Waals surface area contributed by atoms with E-state index >= 15 is 0 Å². The van der Waals surface area contributed by atoms with Gasteiger partial charge in [0, 0.05) is 17.3 Å². The van der Waals surface area contributed by atoms with Gasteiger partial charge < -0.3 is 21.2 Å². The highest BCUT2D eigenvalue weighted by Gasteiger charge is 2.16. The van der Waals surface area contributed by atoms with Crippen LogP contribution in [0.2, 0.25) is 0 Å². The molecular formula is C18H16N6O. The number of H-pyrrole nitrogens is 1. The highest BCUT2D eigenvalue weighted by molar-refractivity contribution is 5.97. The maximum Gasteiger partial charge on any atom is 0.227 e. The molecule has 25 heavy (non-hydrogen) atoms. The summed E-state index contributed by atoms with van der Waals surface area (Å²) in [6.07, 6.45) is 6.01. The minimum atomic E-state index is 0.0421. The van der Waals surface area contributed by atoms with Crippen molar-refractivity contribution < 1.29 is 4.74 Å². The normalized spacial score (nSPS) is 12.1. The van der Waals surface area contributed by atoms with Crippen molar-refractivity contribution in [3.8, 4) is 11.9 Å². The van der Waals surface area contributed by atoms with Crippen LogP contribution < -0.4 is 16.2 Å². The second-order valence-corrected chi connectivity index (χ2v) is 5.18. The molecule has 0 saturated heterocycles. The van der Waals surface area contributed by atoms with E-state index in [2.05, 4.69) is 15.0 Å². The molecule has 3 rings (SSSR count). The largest absolute Gasteiger partial charge is 0.472 e. The van der Waals surface area contributed by atoms with Gasteiger partial charge in [-0.05, 0) is 17.8 Å². The van der Waals surface area contributed by atoms with E-state index in [1.54, 1.807) is 12.3 Å². The molecule has 0 amide bonds. The number of nitrogens with two attached hydrogens (primary N) is 2. The lowest BCUT2D eigenvalue weighted by Gasteiger charge is -2.08. The fourth-order valence-electron chi connectivity index (χ4n) is 2.46. The molecule has 7 nitrogen and oxygen atoms in total. The number of hydrogen-bond donors (Lipinski definition) is 3. The van der Waals surface area contributed by atoms with Crippen LogP contribution in [0.25, 0.3) is 16.6 Å². The molecule has 0 fully saturated rings. The van der Waals surface area contributed by atoms with Gasteiger partial charge in [-0.2, -0.15) is 5.26 Å². The molecule has 0 unspecified atom stereocenters. The maximum atomic E-state index is 9.14. The number of benzene rings is 1. The Labute approximate surface area is 144 Å². The van der Waals surface area contributed by atoms with Gasteiger partial charge in [-0.15, -0.1) is 0 Å². The van der Waals surface area contributed by atoms with E-state index in [4.69, 9.17) is 21.5 Å². The van der Waals surface area contributed by atoms with Crippen LogP contribution >= 0.6 is 0 Å². The van der Waals surface area contributed by atoms with Gasteiger partial charge in [0.15, 0.2) is 0 Å². The highest BCUT2D eigenvalue weighted by atomic mass is 16.5. The van der Waals surface area contributed by atoms with Crippen LogP contribution in [-0.4, -0.2) is 15.0 Å². The monoisotopic (exact) mass is 332 g/mol. The van der Waals surface area contributed by atoms with E-state index in [0.29, 0.717) is 34.7 Å². The number of rotatable bonds is 5. The second kappa shape index (κ2) is 7.19. The van der Waals surface area contributed by atoms with E-state index in [0.717, 1.165) is 5.56 Å². The van der Waals surface area contributed by atoms with Crippen molar-refractivity contribution in [2.24, 2.45) is 11.5 Å². The van der Waals surface area contributed by atoms with Crippen LogP contribution in [0, 0.1) is 11.3 Å². The third kappa shape index (κ3) is 3.28. The molecule has 7 heteroatoms. The van der Waals surface area contributed by atoms with Crippen LogP contribution in [0.3, 0.4) is 0 Å². The first-order chi connectivity index (χ1) is 12.2. The van der Waals surface area contributed by atoms with E-state index in [-0.39, 0.29) is 5.70 Å². The van der Waals surface area contributed by atoms with E-state index < -0.39 is 0 Å². The molecule has 2 aromatic heterocycles. The topological polar surface area (TPSA) is 127 Å². The van der Waals surface area contributed by atoms with Gasteiger partial charge in [0.25, 0.3) is 0 Å². The van der Waals surface area contributed by atoms with Crippen molar-refractivity contribution in [1.29, 1.82) is 5.26 Å². The van der Waals surface area contributed by atoms with E-state index in [9.17, 15) is 0 Å². The van der Waals surface area contributed by atoms with Crippen molar-refractivity contribution in [1.82, 2.24) is 15.0 Å². The van der Waals surface area contributed by atoms with Gasteiger partial charge in [-0.3, -0.25) is 0 Å². The van der Waals surface area contributed by atoms with Gasteiger partial charge >= 0.3 is 0 Å². The van der Waals surface area contributed by atoms with Crippen LogP contribution in [0.1, 0.15) is 11.1 Å². The Balaban J connectivity index is 2.06. The Hall–Kier alpha value is -3.79. The number of ether oxygens (including phenoxy) is 1. The van der Waals surface area contributed by atoms with Gasteiger partial charge in [0.2, 0.25) is 5.88 Å². The molecule has 0 aliphatic carbocycles. The average Bonchev–Trinajstić information content (AvgIpc) is 3.09. The number of fused-ring (bicyclic) bond motifs is 1. The number of aromatic nitrogens is 3. The zero-order valence-electron chi connectivity index (χ0n) is 13.3. The molecule has 0 radical (unpaired) electrons. The molecule has 0 aliphatic heterocycles. The first-order valence-electron chi connectivity index (χ1n) is 7.52. The Morgan fingerprint density at radius 1 is 1.28 bits per heavy atom. The summed E-state index contributed by atoms with van der Waals surface area (Å²) in [4.78, 5) is 11.5. The minimum Gasteiger partial charge on any atom is -0.472 e. The second-order valence-electron chi connectivity index (χ2n) is 5.18. The van der Waals surface area contributed by atoms with Crippen LogP contribution in [0.4, 0.5) is 0 Å². The number of nitrogens with one attached hydrogen (secondary N) is 1. The van der Waals surface area contributed by atoms with Gasteiger partial charge in [0.05, 0.1) is 5.39 Å². The number of allylic oxidation sites excluding steroid dienone is 3. The van der Waals surface area contributed by atoms with Crippen LogP contribution in [-0.2, 0) is 6.61 Å². The van der Waals surface area contributed by atoms with Crippen molar-refractivity contribution >= 4 is 16.6 Å². The van der Waals surface area contributed by atoms with Crippen LogP contribution in [0.15, 0.2) is 60.8 Å². The predicted octanol–water partition coefficient (Wildman–Crippen LogP) is 2.20. The van der Waals surface area contributed by atoms with Crippen molar-refractivity contribution in [3.63, 3.8) is 0 Å². The van der Waals surface area contributed by atoms with Crippen molar-refractivity contribution in [2.45, 2.75) is 6.61 Å². The first-order valence-corrected chi connectivity index (χ1v) is 7.52. The van der Waals surface area contributed by atoms with Crippen molar-refractivity contribution in [3.05, 3.63) is 72.0 Å². The number of nitrogens with zero attached hydrogens (tertiary/aromatic N) is 3. The van der Waals surface area contributed by atoms with E-state index in [1.165, 1.54) is 12.5 Å². The third-order valence-corrected chi connectivity index (χ3v) is 3.62. The Bertz CT molecular complexity index is 982. The molecule has 3 aromatic rings. The molecule has 2 heterocycles. The highest BCUT2D eigenvalue weighted by Crippen LogP contribution is 2.31. The standard InChI is InChI=1S/C18H16N6O/c19-7-6-13(15(21)8-20)14-9-22-17-16(14)18(24-11-23-17)25-10-12-4-2-1-3-5-12/h1-7,9,11H,10,19,21H2,(H,22,23,24)/b7-6-,15-13+. The zero-order chi connectivity index (χ0) is 17.6. The summed E-state index contributed by atoms with van der Waals surface area (Å²) in [5.74, 6) is 0.402. The molecule has 5 N–H and O–H groups in total. The molecular weight excluding hydrogens is 316 g/mol. The number of nitriles is 1. The zero-order valence-corrected chi connectivity index (χ0v) is 13.3. The lowest BCUT2D eigenvalue weighted by atomic mass is 10.0. The number of aromatic amines is 1. The predicted molar refractivity (Wildman–Crippen MR) is 94.7 cm³/mol. The fraction of sp³-hybridized carbons (Fsp3) is 0.0556. The Kier molecular flexibility index (Phi) is 4.62. The summed E-state index contributed by atoms with van der Waals surface area (Å²) in [6.45, 7) is 0.358. The molecule has 0 bridgehead atoms. The van der Waals surface area contributed by atoms with Crippen LogP contribution in [0.5, 0.6) is 5.88 Å². The smallest absolute Gasteiger partial charge is 0.227 e. The lowest BCUT2D eigenvalue weighted by molar-refractivity contribution is 0.297. The molecule has 1 aromatic carbocycles. The summed E-state index contributed by atoms with van der Waals surface area (Å²) >= 11 is 0. The minimum absolute atomic E-state index is 0.0421. The van der Waals surface area contributed by atoms with Gasteiger partial charge in [-0.1, -0.05) is 30.3 Å². The molecule has 0 spiro atoms. The molecule has 0 atom stereocenters. The molecule has 124 valence electrons. The van der Waals surface area contributed by atoms with E-state index in [1.807, 2.05) is 36.4 Å². The third-order valence-electron chi connectivity index (χ3n) is 3.62. The van der Waals surface area contributed by atoms with Crippen molar-refractivity contribution in [2.75, 3.05) is 0 Å². The van der Waals surface area contributed by atoms with Gasteiger partial charge in [-0.25, -0.2) is 9.97 Å². The summed E-state index contributed by atoms with van der Waals surface area (Å²) in [6, 6.07) is 11.7. The molecule has 0 saturated carbocycles. The first kappa shape index (κ1) is 16.1. The summed E-state index contributed by atoms with van der Waals surface area (Å²) < 4.78 is 5.87. The lowest BCUT2D eigenvalue weighted by Crippen LogP contribution is -2.01. The SMILES string of the molecule is N#C/C(N)=C(/C=C\N)c1c[nH]c2ncnc(OCc3ccccc3)c12. The summed E-state index contributed by atoms with van der Waals surface area (Å²) in [5, 5.41) is 9.79. The average molecular weight is 332 g/mol. The Morgan fingerprint density at radius 3 is 2.80 bits per heavy atom. The fourth-order valence-corrected chi connectivity index (χ4v) is 2.46. The summed E-state index contributed by atoms with van der Waals surface area (Å²) in [5.41, 5.74) is 14.1. The Morgan fingerprint density at radius 2 is 2.08 bits per heavy atom. The van der Waals surface area contributed by atoms with Gasteiger partial charge in [0.1, 0.15) is 30.3 Å². The molecule has 0 aliphatic rings. The summed E-state index contributed by atoms with van der Waals surface area (Å²) in [7, 11) is 0. The quantitative estimate of drug-likeness (QED) is 0.485. The maximum absolute atomic E-state index is 9.14. The number of hydrogen-bond acceptors (Lipinski definition) is 6.